The van der Waals surface area contributed by atoms with Gasteiger partial charge in [-0.1, -0.05) is 48.5 Å². The topological polar surface area (TPSA) is 65.2 Å². The van der Waals surface area contributed by atoms with Crippen LogP contribution in [0.25, 0.3) is 10.9 Å². The number of carbonyl (C=O) groups is 2. The van der Waals surface area contributed by atoms with Crippen LogP contribution in [0, 0.1) is 0 Å². The average Bonchev–Trinajstić information content (AvgIpc) is 3.16. The Hall–Kier alpha value is -3.08. The second-order valence-electron chi connectivity index (χ2n) is 7.83. The van der Waals surface area contributed by atoms with Crippen LogP contribution in [0.1, 0.15) is 36.8 Å². The summed E-state index contributed by atoms with van der Waals surface area (Å²) < 4.78 is 0. The second-order valence-corrected chi connectivity index (χ2v) is 7.83. The quantitative estimate of drug-likeness (QED) is 0.700. The maximum atomic E-state index is 13.2. The first-order valence-corrected chi connectivity index (χ1v) is 10.3. The van der Waals surface area contributed by atoms with Crippen molar-refractivity contribution in [2.24, 2.45) is 0 Å². The summed E-state index contributed by atoms with van der Waals surface area (Å²) >= 11 is 0. The first-order valence-electron chi connectivity index (χ1n) is 10.3. The Morgan fingerprint density at radius 3 is 2.48 bits per heavy atom. The van der Waals surface area contributed by atoms with Crippen molar-refractivity contribution in [1.82, 2.24) is 15.2 Å². The van der Waals surface area contributed by atoms with Crippen molar-refractivity contribution >= 4 is 22.7 Å². The molecule has 0 radical (unpaired) electrons. The highest BCUT2D eigenvalue weighted by Crippen LogP contribution is 2.28. The van der Waals surface area contributed by atoms with Crippen LogP contribution >= 0.6 is 0 Å². The van der Waals surface area contributed by atoms with Gasteiger partial charge >= 0.3 is 0 Å². The van der Waals surface area contributed by atoms with Gasteiger partial charge in [0.1, 0.15) is 6.04 Å². The summed E-state index contributed by atoms with van der Waals surface area (Å²) in [7, 11) is 0. The lowest BCUT2D eigenvalue weighted by Crippen LogP contribution is -2.51. The molecule has 1 fully saturated rings. The third kappa shape index (κ3) is 4.34. The van der Waals surface area contributed by atoms with Crippen molar-refractivity contribution in [3.63, 3.8) is 0 Å². The standard InChI is InChI=1S/C24H27N3O2/c1-17(28)26-23(15-20-16-25-22-10-6-5-9-21(20)22)24(29)27-13-11-19(12-14-27)18-7-3-2-4-8-18/h2-10,16,19,23,25H,11-15H2,1H3,(H,26,28). The van der Waals surface area contributed by atoms with Gasteiger partial charge in [-0.05, 0) is 36.0 Å². The zero-order chi connectivity index (χ0) is 20.2. The molecule has 2 amide bonds. The fourth-order valence-electron chi connectivity index (χ4n) is 4.34. The van der Waals surface area contributed by atoms with Crippen LogP contribution in [0.4, 0.5) is 0 Å². The van der Waals surface area contributed by atoms with Gasteiger partial charge in [-0.3, -0.25) is 9.59 Å². The zero-order valence-corrected chi connectivity index (χ0v) is 16.7. The predicted octanol–water partition coefficient (Wildman–Crippen LogP) is 3.62. The van der Waals surface area contributed by atoms with E-state index in [0.717, 1.165) is 42.4 Å². The van der Waals surface area contributed by atoms with Gasteiger partial charge in [-0.15, -0.1) is 0 Å². The number of piperidine rings is 1. The number of aromatic nitrogens is 1. The van der Waals surface area contributed by atoms with E-state index in [9.17, 15) is 9.59 Å². The summed E-state index contributed by atoms with van der Waals surface area (Å²) in [6, 6.07) is 18.0. The highest BCUT2D eigenvalue weighted by Gasteiger charge is 2.30. The number of H-pyrrole nitrogens is 1. The lowest BCUT2D eigenvalue weighted by atomic mass is 9.89. The van der Waals surface area contributed by atoms with E-state index in [1.54, 1.807) is 0 Å². The number of carbonyl (C=O) groups excluding carboxylic acids is 2. The van der Waals surface area contributed by atoms with Crippen molar-refractivity contribution in [3.05, 3.63) is 71.9 Å². The average molecular weight is 389 g/mol. The van der Waals surface area contributed by atoms with Gasteiger partial charge < -0.3 is 15.2 Å². The highest BCUT2D eigenvalue weighted by atomic mass is 16.2. The monoisotopic (exact) mass is 389 g/mol. The molecule has 1 unspecified atom stereocenters. The van der Waals surface area contributed by atoms with E-state index < -0.39 is 6.04 Å². The molecule has 5 nitrogen and oxygen atoms in total. The Morgan fingerprint density at radius 2 is 1.76 bits per heavy atom. The summed E-state index contributed by atoms with van der Waals surface area (Å²) in [5.41, 5.74) is 3.43. The van der Waals surface area contributed by atoms with Gasteiger partial charge in [0.15, 0.2) is 0 Å². The fraction of sp³-hybridized carbons (Fsp3) is 0.333. The van der Waals surface area contributed by atoms with Crippen molar-refractivity contribution < 1.29 is 9.59 Å². The molecule has 29 heavy (non-hydrogen) atoms. The van der Waals surface area contributed by atoms with Crippen molar-refractivity contribution in [2.45, 2.75) is 38.1 Å². The van der Waals surface area contributed by atoms with E-state index in [4.69, 9.17) is 0 Å². The smallest absolute Gasteiger partial charge is 0.245 e. The molecule has 3 aromatic rings. The Balaban J connectivity index is 1.46. The number of hydrogen-bond acceptors (Lipinski definition) is 2. The first kappa shape index (κ1) is 19.2. The summed E-state index contributed by atoms with van der Waals surface area (Å²) in [4.78, 5) is 30.2. The van der Waals surface area contributed by atoms with Crippen LogP contribution < -0.4 is 5.32 Å². The fourth-order valence-corrected chi connectivity index (χ4v) is 4.34. The Kier molecular flexibility index (Phi) is 5.65. The Morgan fingerprint density at radius 1 is 1.07 bits per heavy atom. The molecule has 1 aromatic heterocycles. The predicted molar refractivity (Wildman–Crippen MR) is 115 cm³/mol. The van der Waals surface area contributed by atoms with E-state index in [2.05, 4.69) is 34.6 Å². The van der Waals surface area contributed by atoms with Crippen LogP contribution in [0.5, 0.6) is 0 Å². The normalized spacial score (nSPS) is 16.0. The number of benzene rings is 2. The van der Waals surface area contributed by atoms with Gasteiger partial charge in [0.2, 0.25) is 11.8 Å². The number of nitrogens with one attached hydrogen (secondary N) is 2. The maximum absolute atomic E-state index is 13.2. The molecule has 1 aliphatic heterocycles. The largest absolute Gasteiger partial charge is 0.361 e. The summed E-state index contributed by atoms with van der Waals surface area (Å²) in [6.45, 7) is 2.92. The van der Waals surface area contributed by atoms with Crippen LogP contribution in [0.15, 0.2) is 60.8 Å². The van der Waals surface area contributed by atoms with Crippen molar-refractivity contribution in [3.8, 4) is 0 Å². The minimum atomic E-state index is -0.542. The second kappa shape index (κ2) is 8.52. The molecule has 1 saturated heterocycles. The van der Waals surface area contributed by atoms with Crippen LogP contribution in [-0.2, 0) is 16.0 Å². The van der Waals surface area contributed by atoms with E-state index in [1.807, 2.05) is 41.4 Å². The highest BCUT2D eigenvalue weighted by molar-refractivity contribution is 5.89. The van der Waals surface area contributed by atoms with Gasteiger partial charge in [0.05, 0.1) is 0 Å². The number of para-hydroxylation sites is 1. The number of fused-ring (bicyclic) bond motifs is 1. The molecule has 2 aromatic carbocycles. The molecule has 5 heteroatoms. The number of rotatable bonds is 5. The van der Waals surface area contributed by atoms with Gasteiger partial charge in [0, 0.05) is 43.5 Å². The molecule has 1 aliphatic rings. The Bertz CT molecular complexity index is 988. The summed E-state index contributed by atoms with van der Waals surface area (Å²) in [5.74, 6) is 0.326. The minimum absolute atomic E-state index is 0.0111. The van der Waals surface area contributed by atoms with E-state index in [0.29, 0.717) is 12.3 Å². The molecule has 0 saturated carbocycles. The Labute approximate surface area is 171 Å². The lowest BCUT2D eigenvalue weighted by molar-refractivity contribution is -0.137. The molecule has 4 rings (SSSR count). The minimum Gasteiger partial charge on any atom is -0.361 e. The summed E-state index contributed by atoms with van der Waals surface area (Å²) in [5, 5.41) is 3.97. The molecular weight excluding hydrogens is 362 g/mol. The number of hydrogen-bond donors (Lipinski definition) is 2. The van der Waals surface area contributed by atoms with Gasteiger partial charge in [-0.2, -0.15) is 0 Å². The molecule has 0 aliphatic carbocycles. The SMILES string of the molecule is CC(=O)NC(Cc1c[nH]c2ccccc12)C(=O)N1CCC(c2ccccc2)CC1. The molecule has 0 spiro atoms. The third-order valence-electron chi connectivity index (χ3n) is 5.85. The summed E-state index contributed by atoms with van der Waals surface area (Å²) in [6.07, 6.45) is 4.33. The number of aromatic amines is 1. The van der Waals surface area contributed by atoms with E-state index in [1.165, 1.54) is 12.5 Å². The molecule has 2 N–H and O–H groups in total. The van der Waals surface area contributed by atoms with Crippen molar-refractivity contribution in [2.75, 3.05) is 13.1 Å². The van der Waals surface area contributed by atoms with E-state index in [-0.39, 0.29) is 11.8 Å². The third-order valence-corrected chi connectivity index (χ3v) is 5.85. The first-order chi connectivity index (χ1) is 14.1. The molecule has 2 heterocycles. The zero-order valence-electron chi connectivity index (χ0n) is 16.7. The number of amides is 2. The van der Waals surface area contributed by atoms with Crippen LogP contribution in [0.3, 0.4) is 0 Å². The van der Waals surface area contributed by atoms with Gasteiger partial charge in [-0.25, -0.2) is 0 Å². The van der Waals surface area contributed by atoms with E-state index >= 15 is 0 Å². The maximum Gasteiger partial charge on any atom is 0.245 e. The van der Waals surface area contributed by atoms with Crippen molar-refractivity contribution in [1.29, 1.82) is 0 Å². The van der Waals surface area contributed by atoms with Crippen LogP contribution in [-0.4, -0.2) is 40.8 Å². The molecule has 1 atom stereocenters. The molecule has 0 bridgehead atoms. The lowest BCUT2D eigenvalue weighted by Gasteiger charge is -2.34. The molecular formula is C24H27N3O2. The molecule has 150 valence electrons. The number of likely N-dealkylation sites (tertiary alicyclic amines) is 1. The number of nitrogens with zero attached hydrogens (tertiary/aromatic N) is 1. The van der Waals surface area contributed by atoms with Gasteiger partial charge in [0.25, 0.3) is 0 Å². The van der Waals surface area contributed by atoms with Crippen LogP contribution in [0.2, 0.25) is 0 Å².